The smallest absolute Gasteiger partial charge is 0.414 e. The summed E-state index contributed by atoms with van der Waals surface area (Å²) in [6.07, 6.45) is 0.699. The maximum atomic E-state index is 11.5. The first-order chi connectivity index (χ1) is 9.24. The van der Waals surface area contributed by atoms with Crippen LogP contribution in [0, 0.1) is 0 Å². The molecule has 104 valence electrons. The molecule has 1 saturated heterocycles. The zero-order chi connectivity index (χ0) is 13.7. The number of ether oxygens (including phenoxy) is 2. The maximum Gasteiger partial charge on any atom is 0.414 e. The van der Waals surface area contributed by atoms with Crippen LogP contribution in [0.3, 0.4) is 0 Å². The standard InChI is InChI=1S/C14H20N2O3/c1-3-11(10-18-2)15-12-5-4-6-13(9-12)16-7-8-19-14(16)17/h4-6,9,11,15H,3,7-8,10H2,1-2H3. The van der Waals surface area contributed by atoms with E-state index in [0.717, 1.165) is 17.8 Å². The zero-order valence-electron chi connectivity index (χ0n) is 11.4. The summed E-state index contributed by atoms with van der Waals surface area (Å²) in [6, 6.07) is 8.07. The molecular formula is C14H20N2O3. The van der Waals surface area contributed by atoms with Crippen molar-refractivity contribution in [2.24, 2.45) is 0 Å². The van der Waals surface area contributed by atoms with E-state index in [0.29, 0.717) is 19.8 Å². The molecule has 0 aromatic heterocycles. The largest absolute Gasteiger partial charge is 0.447 e. The van der Waals surface area contributed by atoms with Crippen molar-refractivity contribution in [1.29, 1.82) is 0 Å². The van der Waals surface area contributed by atoms with Crippen LogP contribution in [0.15, 0.2) is 24.3 Å². The highest BCUT2D eigenvalue weighted by Gasteiger charge is 2.23. The van der Waals surface area contributed by atoms with E-state index in [1.165, 1.54) is 0 Å². The third kappa shape index (κ3) is 3.38. The number of nitrogens with zero attached hydrogens (tertiary/aromatic N) is 1. The number of nitrogens with one attached hydrogen (secondary N) is 1. The van der Waals surface area contributed by atoms with Crippen molar-refractivity contribution in [3.8, 4) is 0 Å². The molecular weight excluding hydrogens is 244 g/mol. The van der Waals surface area contributed by atoms with E-state index < -0.39 is 0 Å². The van der Waals surface area contributed by atoms with Crippen LogP contribution in [0.25, 0.3) is 0 Å². The zero-order valence-corrected chi connectivity index (χ0v) is 11.4. The molecule has 1 fully saturated rings. The van der Waals surface area contributed by atoms with E-state index in [2.05, 4.69) is 12.2 Å². The molecule has 1 aliphatic rings. The Labute approximate surface area is 113 Å². The SMILES string of the molecule is CCC(COC)Nc1cccc(N2CCOC2=O)c1. The van der Waals surface area contributed by atoms with Crippen LogP contribution in [-0.4, -0.2) is 39.0 Å². The molecule has 0 bridgehead atoms. The topological polar surface area (TPSA) is 50.8 Å². The third-order valence-corrected chi connectivity index (χ3v) is 3.15. The molecule has 1 heterocycles. The first-order valence-electron chi connectivity index (χ1n) is 6.54. The van der Waals surface area contributed by atoms with Gasteiger partial charge in [0.15, 0.2) is 0 Å². The number of hydrogen-bond donors (Lipinski definition) is 1. The quantitative estimate of drug-likeness (QED) is 0.857. The summed E-state index contributed by atoms with van der Waals surface area (Å²) >= 11 is 0. The normalized spacial score (nSPS) is 16.3. The van der Waals surface area contributed by atoms with Gasteiger partial charge in [0.2, 0.25) is 0 Å². The molecule has 5 nitrogen and oxygen atoms in total. The van der Waals surface area contributed by atoms with Gasteiger partial charge in [-0.15, -0.1) is 0 Å². The summed E-state index contributed by atoms with van der Waals surface area (Å²) in [7, 11) is 1.70. The third-order valence-electron chi connectivity index (χ3n) is 3.15. The van der Waals surface area contributed by atoms with E-state index in [1.54, 1.807) is 12.0 Å². The molecule has 1 atom stereocenters. The molecule has 1 amide bonds. The van der Waals surface area contributed by atoms with Crippen LogP contribution in [0.1, 0.15) is 13.3 Å². The van der Waals surface area contributed by atoms with E-state index >= 15 is 0 Å². The van der Waals surface area contributed by atoms with Gasteiger partial charge >= 0.3 is 6.09 Å². The Balaban J connectivity index is 2.08. The molecule has 0 spiro atoms. The molecule has 1 N–H and O–H groups in total. The van der Waals surface area contributed by atoms with Gasteiger partial charge in [-0.05, 0) is 24.6 Å². The van der Waals surface area contributed by atoms with Gasteiger partial charge in [-0.25, -0.2) is 4.79 Å². The van der Waals surface area contributed by atoms with Crippen molar-refractivity contribution >= 4 is 17.5 Å². The second kappa shape index (κ2) is 6.43. The number of benzene rings is 1. The lowest BCUT2D eigenvalue weighted by Crippen LogP contribution is -2.25. The van der Waals surface area contributed by atoms with E-state index in [-0.39, 0.29) is 12.1 Å². The summed E-state index contributed by atoms with van der Waals surface area (Å²) in [5, 5.41) is 3.40. The fourth-order valence-corrected chi connectivity index (χ4v) is 2.09. The second-order valence-electron chi connectivity index (χ2n) is 4.52. The van der Waals surface area contributed by atoms with Crippen LogP contribution < -0.4 is 10.2 Å². The number of anilines is 2. The van der Waals surface area contributed by atoms with Gasteiger partial charge in [-0.3, -0.25) is 4.90 Å². The Morgan fingerprint density at radius 2 is 2.37 bits per heavy atom. The van der Waals surface area contributed by atoms with Gasteiger partial charge in [0.25, 0.3) is 0 Å². The van der Waals surface area contributed by atoms with Crippen LogP contribution in [0.5, 0.6) is 0 Å². The highest BCUT2D eigenvalue weighted by Crippen LogP contribution is 2.23. The van der Waals surface area contributed by atoms with E-state index in [4.69, 9.17) is 9.47 Å². The van der Waals surface area contributed by atoms with E-state index in [1.807, 2.05) is 24.3 Å². The lowest BCUT2D eigenvalue weighted by Gasteiger charge is -2.19. The van der Waals surface area contributed by atoms with Crippen LogP contribution >= 0.6 is 0 Å². The van der Waals surface area contributed by atoms with Gasteiger partial charge < -0.3 is 14.8 Å². The predicted molar refractivity (Wildman–Crippen MR) is 74.7 cm³/mol. The summed E-state index contributed by atoms with van der Waals surface area (Å²) in [6.45, 7) is 3.83. The second-order valence-corrected chi connectivity index (χ2v) is 4.52. The van der Waals surface area contributed by atoms with Gasteiger partial charge in [0.05, 0.1) is 13.2 Å². The Bertz CT molecular complexity index is 436. The first kappa shape index (κ1) is 13.7. The highest BCUT2D eigenvalue weighted by molar-refractivity contribution is 5.89. The Hall–Kier alpha value is -1.75. The molecule has 1 unspecified atom stereocenters. The highest BCUT2D eigenvalue weighted by atomic mass is 16.6. The minimum atomic E-state index is -0.277. The molecule has 0 saturated carbocycles. The lowest BCUT2D eigenvalue weighted by molar-refractivity contribution is 0.181. The van der Waals surface area contributed by atoms with Crippen molar-refractivity contribution in [3.05, 3.63) is 24.3 Å². The van der Waals surface area contributed by atoms with Gasteiger partial charge in [0.1, 0.15) is 6.61 Å². The predicted octanol–water partition coefficient (Wildman–Crippen LogP) is 2.48. The van der Waals surface area contributed by atoms with Gasteiger partial charge in [-0.1, -0.05) is 13.0 Å². The van der Waals surface area contributed by atoms with Gasteiger partial charge in [0, 0.05) is 24.5 Å². The first-order valence-corrected chi connectivity index (χ1v) is 6.54. The number of hydrogen-bond acceptors (Lipinski definition) is 4. The fraction of sp³-hybridized carbons (Fsp3) is 0.500. The molecule has 0 aliphatic carbocycles. The van der Waals surface area contributed by atoms with Crippen molar-refractivity contribution in [2.45, 2.75) is 19.4 Å². The molecule has 1 aromatic carbocycles. The molecule has 19 heavy (non-hydrogen) atoms. The van der Waals surface area contributed by atoms with Crippen molar-refractivity contribution in [3.63, 3.8) is 0 Å². The van der Waals surface area contributed by atoms with Gasteiger partial charge in [-0.2, -0.15) is 0 Å². The number of methoxy groups -OCH3 is 1. The Morgan fingerprint density at radius 1 is 1.53 bits per heavy atom. The van der Waals surface area contributed by atoms with Crippen molar-refractivity contribution < 1.29 is 14.3 Å². The summed E-state index contributed by atoms with van der Waals surface area (Å²) in [4.78, 5) is 13.2. The fourth-order valence-electron chi connectivity index (χ4n) is 2.09. The summed E-state index contributed by atoms with van der Waals surface area (Å²) < 4.78 is 10.1. The number of rotatable bonds is 6. The maximum absolute atomic E-state index is 11.5. The minimum Gasteiger partial charge on any atom is -0.447 e. The number of carbonyl (C=O) groups excluding carboxylic acids is 1. The average Bonchev–Trinajstić information content (AvgIpc) is 2.85. The average molecular weight is 264 g/mol. The summed E-state index contributed by atoms with van der Waals surface area (Å²) in [5.74, 6) is 0. The Kier molecular flexibility index (Phi) is 4.63. The van der Waals surface area contributed by atoms with Crippen LogP contribution in [-0.2, 0) is 9.47 Å². The lowest BCUT2D eigenvalue weighted by atomic mass is 10.2. The van der Waals surface area contributed by atoms with Crippen molar-refractivity contribution in [2.75, 3.05) is 37.1 Å². The molecule has 2 rings (SSSR count). The monoisotopic (exact) mass is 264 g/mol. The number of cyclic esters (lactones) is 1. The summed E-state index contributed by atoms with van der Waals surface area (Å²) in [5.41, 5.74) is 1.85. The number of carbonyl (C=O) groups is 1. The Morgan fingerprint density at radius 3 is 3.00 bits per heavy atom. The van der Waals surface area contributed by atoms with Crippen molar-refractivity contribution in [1.82, 2.24) is 0 Å². The minimum absolute atomic E-state index is 0.269. The van der Waals surface area contributed by atoms with Crippen LogP contribution in [0.2, 0.25) is 0 Å². The van der Waals surface area contributed by atoms with Crippen LogP contribution in [0.4, 0.5) is 16.2 Å². The molecule has 0 radical (unpaired) electrons. The van der Waals surface area contributed by atoms with E-state index in [9.17, 15) is 4.79 Å². The molecule has 1 aliphatic heterocycles. The number of amides is 1. The molecule has 5 heteroatoms. The molecule has 1 aromatic rings.